The van der Waals surface area contributed by atoms with Gasteiger partial charge in [0.15, 0.2) is 6.29 Å². The largest absolute Gasteiger partial charge is 0.299 e. The molecule has 2 heterocycles. The highest BCUT2D eigenvalue weighted by Gasteiger charge is 2.16. The normalized spacial score (nSPS) is 17.4. The molecule has 1 aromatic heterocycles. The number of hydrogen-bond donors (Lipinski definition) is 0. The van der Waals surface area contributed by atoms with Gasteiger partial charge in [0.2, 0.25) is 0 Å². The van der Waals surface area contributed by atoms with Gasteiger partial charge in [-0.05, 0) is 7.05 Å². The van der Waals surface area contributed by atoms with Crippen LogP contribution in [0.3, 0.4) is 0 Å². The van der Waals surface area contributed by atoms with Crippen molar-refractivity contribution in [1.82, 2.24) is 14.7 Å². The van der Waals surface area contributed by atoms with Crippen LogP contribution in [0.15, 0.2) is 6.20 Å². The maximum atomic E-state index is 10.6. The Labute approximate surface area is 70.8 Å². The fourth-order valence-corrected chi connectivity index (χ4v) is 1.49. The van der Waals surface area contributed by atoms with Crippen molar-refractivity contribution in [3.8, 4) is 0 Å². The first kappa shape index (κ1) is 7.49. The lowest BCUT2D eigenvalue weighted by molar-refractivity contribution is 0.112. The molecule has 0 N–H and O–H groups in total. The van der Waals surface area contributed by atoms with Crippen LogP contribution in [-0.4, -0.2) is 34.6 Å². The van der Waals surface area contributed by atoms with Crippen molar-refractivity contribution in [2.75, 3.05) is 13.6 Å². The average molecular weight is 165 g/mol. The SMILES string of the molecule is CN1CCn2ncc(C=O)c2C1. The molecule has 1 aliphatic rings. The molecular formula is C8H11N3O. The molecule has 2 rings (SSSR count). The third-order valence-corrected chi connectivity index (χ3v) is 2.22. The maximum Gasteiger partial charge on any atom is 0.153 e. The molecular weight excluding hydrogens is 154 g/mol. The van der Waals surface area contributed by atoms with Gasteiger partial charge < -0.3 is 0 Å². The Morgan fingerprint density at radius 2 is 2.42 bits per heavy atom. The first-order chi connectivity index (χ1) is 5.81. The Morgan fingerprint density at radius 3 is 3.17 bits per heavy atom. The first-order valence-corrected chi connectivity index (χ1v) is 3.99. The standard InChI is InChI=1S/C8H11N3O/c1-10-2-3-11-8(5-10)7(6-12)4-9-11/h4,6H,2-3,5H2,1H3. The average Bonchev–Trinajstić information content (AvgIpc) is 2.46. The number of carbonyl (C=O) groups excluding carboxylic acids is 1. The molecule has 4 heteroatoms. The fraction of sp³-hybridized carbons (Fsp3) is 0.500. The van der Waals surface area contributed by atoms with E-state index in [1.807, 2.05) is 11.7 Å². The number of aldehydes is 1. The topological polar surface area (TPSA) is 38.1 Å². The van der Waals surface area contributed by atoms with E-state index in [9.17, 15) is 4.79 Å². The Balaban J connectivity index is 2.40. The molecule has 1 aromatic rings. The summed E-state index contributed by atoms with van der Waals surface area (Å²) in [5, 5.41) is 4.12. The van der Waals surface area contributed by atoms with E-state index in [0.717, 1.165) is 37.2 Å². The maximum absolute atomic E-state index is 10.6. The molecule has 4 nitrogen and oxygen atoms in total. The van der Waals surface area contributed by atoms with Crippen molar-refractivity contribution in [2.45, 2.75) is 13.1 Å². The summed E-state index contributed by atoms with van der Waals surface area (Å²) >= 11 is 0. The van der Waals surface area contributed by atoms with Gasteiger partial charge in [0, 0.05) is 13.1 Å². The van der Waals surface area contributed by atoms with Crippen LogP contribution in [0.4, 0.5) is 0 Å². The van der Waals surface area contributed by atoms with Gasteiger partial charge in [0.25, 0.3) is 0 Å². The molecule has 0 saturated carbocycles. The van der Waals surface area contributed by atoms with Crippen molar-refractivity contribution in [1.29, 1.82) is 0 Å². The molecule has 0 amide bonds. The van der Waals surface area contributed by atoms with E-state index >= 15 is 0 Å². The zero-order chi connectivity index (χ0) is 8.55. The van der Waals surface area contributed by atoms with E-state index in [2.05, 4.69) is 10.00 Å². The lowest BCUT2D eigenvalue weighted by Gasteiger charge is -2.23. The lowest BCUT2D eigenvalue weighted by Crippen LogP contribution is -2.31. The highest BCUT2D eigenvalue weighted by molar-refractivity contribution is 5.76. The number of fused-ring (bicyclic) bond motifs is 1. The van der Waals surface area contributed by atoms with Crippen LogP contribution in [-0.2, 0) is 13.1 Å². The fourth-order valence-electron chi connectivity index (χ4n) is 1.49. The summed E-state index contributed by atoms with van der Waals surface area (Å²) < 4.78 is 1.91. The minimum atomic E-state index is 0.724. The molecule has 1 aliphatic heterocycles. The molecule has 12 heavy (non-hydrogen) atoms. The Bertz CT molecular complexity index is 305. The van der Waals surface area contributed by atoms with Gasteiger partial charge in [0.1, 0.15) is 0 Å². The third kappa shape index (κ3) is 1.04. The molecule has 0 unspecified atom stereocenters. The third-order valence-electron chi connectivity index (χ3n) is 2.22. The Hall–Kier alpha value is -1.16. The molecule has 0 saturated heterocycles. The van der Waals surface area contributed by atoms with Crippen molar-refractivity contribution >= 4 is 6.29 Å². The molecule has 0 bridgehead atoms. The number of rotatable bonds is 1. The second kappa shape index (κ2) is 2.71. The molecule has 0 aliphatic carbocycles. The summed E-state index contributed by atoms with van der Waals surface area (Å²) in [5.74, 6) is 0. The summed E-state index contributed by atoms with van der Waals surface area (Å²) in [4.78, 5) is 12.8. The summed E-state index contributed by atoms with van der Waals surface area (Å²) in [6.07, 6.45) is 2.51. The smallest absolute Gasteiger partial charge is 0.153 e. The van der Waals surface area contributed by atoms with E-state index in [1.54, 1.807) is 6.20 Å². The quantitative estimate of drug-likeness (QED) is 0.555. The monoisotopic (exact) mass is 165 g/mol. The van der Waals surface area contributed by atoms with E-state index in [4.69, 9.17) is 0 Å². The Kier molecular flexibility index (Phi) is 1.69. The summed E-state index contributed by atoms with van der Waals surface area (Å²) in [6.45, 7) is 2.72. The van der Waals surface area contributed by atoms with Crippen molar-refractivity contribution in [3.05, 3.63) is 17.5 Å². The van der Waals surface area contributed by atoms with E-state index in [0.29, 0.717) is 0 Å². The number of carbonyl (C=O) groups is 1. The van der Waals surface area contributed by atoms with Gasteiger partial charge in [0.05, 0.1) is 24.0 Å². The summed E-state index contributed by atoms with van der Waals surface area (Å²) in [6, 6.07) is 0. The number of hydrogen-bond acceptors (Lipinski definition) is 3. The number of nitrogens with zero attached hydrogens (tertiary/aromatic N) is 3. The van der Waals surface area contributed by atoms with Crippen LogP contribution in [0.5, 0.6) is 0 Å². The predicted octanol–water partition coefficient (Wildman–Crippen LogP) is 0.141. The van der Waals surface area contributed by atoms with Crippen molar-refractivity contribution in [2.24, 2.45) is 0 Å². The zero-order valence-corrected chi connectivity index (χ0v) is 7.03. The lowest BCUT2D eigenvalue weighted by atomic mass is 10.2. The molecule has 0 atom stereocenters. The van der Waals surface area contributed by atoms with Gasteiger partial charge in [-0.15, -0.1) is 0 Å². The van der Waals surface area contributed by atoms with Crippen LogP contribution in [0.25, 0.3) is 0 Å². The molecule has 0 spiro atoms. The minimum absolute atomic E-state index is 0.724. The second-order valence-corrected chi connectivity index (χ2v) is 3.13. The number of aromatic nitrogens is 2. The zero-order valence-electron chi connectivity index (χ0n) is 7.03. The van der Waals surface area contributed by atoms with Gasteiger partial charge in [-0.2, -0.15) is 5.10 Å². The highest BCUT2D eigenvalue weighted by Crippen LogP contribution is 2.12. The summed E-state index contributed by atoms with van der Waals surface area (Å²) in [5.41, 5.74) is 1.76. The molecule has 0 aromatic carbocycles. The second-order valence-electron chi connectivity index (χ2n) is 3.13. The molecule has 0 fully saturated rings. The summed E-state index contributed by atoms with van der Waals surface area (Å²) in [7, 11) is 2.05. The van der Waals surface area contributed by atoms with Crippen LogP contribution in [0, 0.1) is 0 Å². The van der Waals surface area contributed by atoms with Crippen molar-refractivity contribution < 1.29 is 4.79 Å². The Morgan fingerprint density at radius 1 is 1.58 bits per heavy atom. The van der Waals surface area contributed by atoms with E-state index in [1.165, 1.54) is 0 Å². The van der Waals surface area contributed by atoms with Gasteiger partial charge in [-0.1, -0.05) is 0 Å². The van der Waals surface area contributed by atoms with Crippen LogP contribution in [0.1, 0.15) is 16.1 Å². The number of likely N-dealkylation sites (N-methyl/N-ethyl adjacent to an activating group) is 1. The molecule has 64 valence electrons. The van der Waals surface area contributed by atoms with E-state index in [-0.39, 0.29) is 0 Å². The van der Waals surface area contributed by atoms with Crippen molar-refractivity contribution in [3.63, 3.8) is 0 Å². The van der Waals surface area contributed by atoms with Gasteiger partial charge >= 0.3 is 0 Å². The highest BCUT2D eigenvalue weighted by atomic mass is 16.1. The van der Waals surface area contributed by atoms with Crippen LogP contribution >= 0.6 is 0 Å². The first-order valence-electron chi connectivity index (χ1n) is 3.99. The van der Waals surface area contributed by atoms with E-state index < -0.39 is 0 Å². The van der Waals surface area contributed by atoms with Gasteiger partial charge in [-0.3, -0.25) is 14.4 Å². The van der Waals surface area contributed by atoms with Gasteiger partial charge in [-0.25, -0.2) is 0 Å². The van der Waals surface area contributed by atoms with Crippen LogP contribution < -0.4 is 0 Å². The van der Waals surface area contributed by atoms with Crippen LogP contribution in [0.2, 0.25) is 0 Å². The predicted molar refractivity (Wildman–Crippen MR) is 43.9 cm³/mol. The molecule has 0 radical (unpaired) electrons. The minimum Gasteiger partial charge on any atom is -0.299 e.